The normalized spacial score (nSPS) is 18.6. The highest BCUT2D eigenvalue weighted by atomic mass is 16.3. The Kier molecular flexibility index (Phi) is 1.67. The van der Waals surface area contributed by atoms with Gasteiger partial charge in [0.05, 0.1) is 17.6 Å². The minimum Gasteiger partial charge on any atom is -0.396 e. The fourth-order valence-corrected chi connectivity index (χ4v) is 2.24. The van der Waals surface area contributed by atoms with Gasteiger partial charge in [0.15, 0.2) is 0 Å². The lowest BCUT2D eigenvalue weighted by Gasteiger charge is -2.04. The van der Waals surface area contributed by atoms with Gasteiger partial charge in [-0.3, -0.25) is 9.78 Å². The van der Waals surface area contributed by atoms with Crippen molar-refractivity contribution >= 4 is 11.0 Å². The summed E-state index contributed by atoms with van der Waals surface area (Å²) in [6, 6.07) is 5.14. The van der Waals surface area contributed by atoms with Crippen LogP contribution in [-0.4, -0.2) is 21.3 Å². The summed E-state index contributed by atoms with van der Waals surface area (Å²) in [5, 5.41) is 9.24. The molecule has 0 bridgehead atoms. The van der Waals surface area contributed by atoms with Gasteiger partial charge in [-0.2, -0.15) is 0 Å². The first kappa shape index (κ1) is 8.61. The van der Waals surface area contributed by atoms with Gasteiger partial charge in [-0.1, -0.05) is 0 Å². The van der Waals surface area contributed by atoms with Crippen LogP contribution in [0.4, 0.5) is 0 Å². The first-order valence-corrected chi connectivity index (χ1v) is 4.90. The van der Waals surface area contributed by atoms with Gasteiger partial charge in [-0.15, -0.1) is 0 Å². The molecule has 1 atom stereocenters. The highest BCUT2D eigenvalue weighted by Gasteiger charge is 2.24. The molecule has 1 aliphatic heterocycles. The monoisotopic (exact) mass is 202 g/mol. The lowest BCUT2D eigenvalue weighted by molar-refractivity contribution is 0.259. The quantitative estimate of drug-likeness (QED) is 0.732. The van der Waals surface area contributed by atoms with Gasteiger partial charge >= 0.3 is 0 Å². The number of pyridine rings is 2. The molecule has 0 radical (unpaired) electrons. The highest BCUT2D eigenvalue weighted by molar-refractivity contribution is 5.80. The minimum absolute atomic E-state index is 0.0206. The Morgan fingerprint density at radius 2 is 2.33 bits per heavy atom. The van der Waals surface area contributed by atoms with Crippen LogP contribution in [0.1, 0.15) is 11.5 Å². The van der Waals surface area contributed by atoms with Crippen LogP contribution >= 0.6 is 0 Å². The molecule has 4 heteroatoms. The van der Waals surface area contributed by atoms with Gasteiger partial charge in [-0.25, -0.2) is 0 Å². The van der Waals surface area contributed by atoms with Crippen LogP contribution in [0.15, 0.2) is 29.2 Å². The van der Waals surface area contributed by atoms with E-state index in [1.807, 2.05) is 6.07 Å². The number of rotatable bonds is 1. The van der Waals surface area contributed by atoms with Gasteiger partial charge in [-0.05, 0) is 17.7 Å². The van der Waals surface area contributed by atoms with Gasteiger partial charge in [0, 0.05) is 24.7 Å². The van der Waals surface area contributed by atoms with E-state index in [9.17, 15) is 9.90 Å². The SMILES string of the molecule is O=c1ccc2nccc3c2n1C[C@H]3CO. The molecule has 0 spiro atoms. The molecule has 4 nitrogen and oxygen atoms in total. The lowest BCUT2D eigenvalue weighted by atomic mass is 10.0. The van der Waals surface area contributed by atoms with Crippen LogP contribution < -0.4 is 5.56 Å². The molecular weight excluding hydrogens is 192 g/mol. The van der Waals surface area contributed by atoms with E-state index in [2.05, 4.69) is 4.98 Å². The molecule has 76 valence electrons. The first-order chi connectivity index (χ1) is 7.31. The number of aliphatic hydroxyl groups excluding tert-OH is 1. The van der Waals surface area contributed by atoms with Crippen molar-refractivity contribution < 1.29 is 5.11 Å². The summed E-state index contributed by atoms with van der Waals surface area (Å²) in [4.78, 5) is 15.8. The van der Waals surface area contributed by atoms with E-state index < -0.39 is 0 Å². The third kappa shape index (κ3) is 1.05. The molecule has 0 saturated heterocycles. The molecule has 0 amide bonds. The number of hydrogen-bond donors (Lipinski definition) is 1. The maximum absolute atomic E-state index is 11.6. The smallest absolute Gasteiger partial charge is 0.251 e. The Morgan fingerprint density at radius 1 is 1.47 bits per heavy atom. The molecule has 3 rings (SSSR count). The Morgan fingerprint density at radius 3 is 3.13 bits per heavy atom. The molecule has 15 heavy (non-hydrogen) atoms. The van der Waals surface area contributed by atoms with E-state index in [1.165, 1.54) is 6.07 Å². The number of nitrogens with zero attached hydrogens (tertiary/aromatic N) is 2. The Hall–Kier alpha value is -1.68. The van der Waals surface area contributed by atoms with Crippen molar-refractivity contribution in [2.75, 3.05) is 6.61 Å². The zero-order chi connectivity index (χ0) is 10.4. The van der Waals surface area contributed by atoms with Crippen LogP contribution in [0.5, 0.6) is 0 Å². The highest BCUT2D eigenvalue weighted by Crippen LogP contribution is 2.30. The fourth-order valence-electron chi connectivity index (χ4n) is 2.24. The second-order valence-corrected chi connectivity index (χ2v) is 3.80. The first-order valence-electron chi connectivity index (χ1n) is 4.90. The molecule has 0 fully saturated rings. The summed E-state index contributed by atoms with van der Waals surface area (Å²) in [5.41, 5.74) is 2.71. The fraction of sp³-hybridized carbons (Fsp3) is 0.273. The van der Waals surface area contributed by atoms with Crippen molar-refractivity contribution in [2.45, 2.75) is 12.5 Å². The molecular formula is C11H10N2O2. The Labute approximate surface area is 85.8 Å². The Balaban J connectivity index is 2.45. The third-order valence-electron chi connectivity index (χ3n) is 2.97. The van der Waals surface area contributed by atoms with Crippen molar-refractivity contribution in [3.05, 3.63) is 40.3 Å². The van der Waals surface area contributed by atoms with Crippen molar-refractivity contribution in [2.24, 2.45) is 0 Å². The predicted octanol–water partition coefficient (Wildman–Crippen LogP) is 0.486. The summed E-state index contributed by atoms with van der Waals surface area (Å²) < 4.78 is 1.69. The second-order valence-electron chi connectivity index (χ2n) is 3.80. The van der Waals surface area contributed by atoms with E-state index in [4.69, 9.17) is 0 Å². The standard InChI is InChI=1S/C11H10N2O2/c14-6-7-5-13-10(15)2-1-9-11(13)8(7)3-4-12-9/h1-4,7,14H,5-6H2/t7-/m0/s1. The maximum Gasteiger partial charge on any atom is 0.251 e. The average molecular weight is 202 g/mol. The molecule has 2 aromatic heterocycles. The Bertz CT molecular complexity index is 589. The predicted molar refractivity (Wildman–Crippen MR) is 55.8 cm³/mol. The van der Waals surface area contributed by atoms with Crippen molar-refractivity contribution in [3.63, 3.8) is 0 Å². The zero-order valence-corrected chi connectivity index (χ0v) is 8.05. The largest absolute Gasteiger partial charge is 0.396 e. The molecule has 0 unspecified atom stereocenters. The summed E-state index contributed by atoms with van der Waals surface area (Å²) in [6.07, 6.45) is 1.72. The molecule has 2 aromatic rings. The van der Waals surface area contributed by atoms with Crippen molar-refractivity contribution in [1.29, 1.82) is 0 Å². The minimum atomic E-state index is -0.0206. The maximum atomic E-state index is 11.6. The van der Waals surface area contributed by atoms with Gasteiger partial charge < -0.3 is 9.67 Å². The molecule has 0 aromatic carbocycles. The van der Waals surface area contributed by atoms with Crippen LogP contribution in [0.3, 0.4) is 0 Å². The average Bonchev–Trinajstić information content (AvgIpc) is 2.65. The van der Waals surface area contributed by atoms with Crippen molar-refractivity contribution in [3.8, 4) is 0 Å². The summed E-state index contributed by atoms with van der Waals surface area (Å²) >= 11 is 0. The van der Waals surface area contributed by atoms with E-state index in [-0.39, 0.29) is 18.1 Å². The van der Waals surface area contributed by atoms with E-state index in [0.29, 0.717) is 6.54 Å². The zero-order valence-electron chi connectivity index (χ0n) is 8.05. The number of aliphatic hydroxyl groups is 1. The third-order valence-corrected chi connectivity index (χ3v) is 2.97. The van der Waals surface area contributed by atoms with Gasteiger partial charge in [0.25, 0.3) is 5.56 Å². The summed E-state index contributed by atoms with van der Waals surface area (Å²) in [7, 11) is 0. The molecule has 1 N–H and O–H groups in total. The van der Waals surface area contributed by atoms with Gasteiger partial charge in [0.2, 0.25) is 0 Å². The molecule has 3 heterocycles. The summed E-state index contributed by atoms with van der Waals surface area (Å²) in [5.74, 6) is 0.0330. The molecule has 0 aliphatic carbocycles. The van der Waals surface area contributed by atoms with Gasteiger partial charge in [0.1, 0.15) is 0 Å². The van der Waals surface area contributed by atoms with Crippen LogP contribution in [0.25, 0.3) is 11.0 Å². The molecule has 1 aliphatic rings. The summed E-state index contributed by atoms with van der Waals surface area (Å²) in [6.45, 7) is 0.633. The number of hydrogen-bond acceptors (Lipinski definition) is 3. The van der Waals surface area contributed by atoms with Crippen LogP contribution in [0.2, 0.25) is 0 Å². The van der Waals surface area contributed by atoms with Crippen molar-refractivity contribution in [1.82, 2.24) is 9.55 Å². The van der Waals surface area contributed by atoms with E-state index >= 15 is 0 Å². The van der Waals surface area contributed by atoms with Crippen LogP contribution in [-0.2, 0) is 6.54 Å². The van der Waals surface area contributed by atoms with E-state index in [0.717, 1.165) is 16.6 Å². The topological polar surface area (TPSA) is 55.1 Å². The lowest BCUT2D eigenvalue weighted by Crippen LogP contribution is -2.18. The number of aromatic nitrogens is 2. The van der Waals surface area contributed by atoms with Crippen LogP contribution in [0, 0.1) is 0 Å². The molecule has 0 saturated carbocycles. The van der Waals surface area contributed by atoms with E-state index in [1.54, 1.807) is 16.8 Å². The second kappa shape index (κ2) is 2.90.